The molecule has 10 heteroatoms. The lowest BCUT2D eigenvalue weighted by Crippen LogP contribution is -2.40. The minimum Gasteiger partial charge on any atom is -0.378 e. The van der Waals surface area contributed by atoms with Gasteiger partial charge in [-0.15, -0.1) is 0 Å². The molecule has 32 heavy (non-hydrogen) atoms. The molecule has 3 aromatic rings. The molecule has 1 N–H and O–H groups in total. The van der Waals surface area contributed by atoms with E-state index in [9.17, 15) is 19.2 Å². The first-order valence-corrected chi connectivity index (χ1v) is 10.2. The van der Waals surface area contributed by atoms with Crippen LogP contribution in [0.1, 0.15) is 26.4 Å². The van der Waals surface area contributed by atoms with Crippen LogP contribution < -0.4 is 16.6 Å². The van der Waals surface area contributed by atoms with Crippen LogP contribution in [0.4, 0.5) is 0 Å². The molecule has 166 valence electrons. The van der Waals surface area contributed by atoms with E-state index < -0.39 is 17.2 Å². The second-order valence-corrected chi connectivity index (χ2v) is 7.56. The summed E-state index contributed by atoms with van der Waals surface area (Å²) in [5.74, 6) is -0.477. The first-order chi connectivity index (χ1) is 15.4. The maximum absolute atomic E-state index is 12.6. The van der Waals surface area contributed by atoms with Gasteiger partial charge >= 0.3 is 5.69 Å². The Labute approximate surface area is 183 Å². The fourth-order valence-electron chi connectivity index (χ4n) is 3.57. The van der Waals surface area contributed by atoms with Crippen LogP contribution >= 0.6 is 0 Å². The Kier molecular flexibility index (Phi) is 5.87. The van der Waals surface area contributed by atoms with Crippen LogP contribution in [0.15, 0.2) is 46.0 Å². The zero-order valence-electron chi connectivity index (χ0n) is 17.8. The summed E-state index contributed by atoms with van der Waals surface area (Å²) in [6.45, 7) is 2.48. The van der Waals surface area contributed by atoms with Crippen LogP contribution in [0, 0.1) is 0 Å². The number of nitrogens with one attached hydrogen (secondary N) is 1. The van der Waals surface area contributed by atoms with Crippen LogP contribution in [0.3, 0.4) is 0 Å². The molecule has 0 bridgehead atoms. The van der Waals surface area contributed by atoms with E-state index in [0.29, 0.717) is 31.9 Å². The number of ether oxygens (including phenoxy) is 1. The number of carbonyl (C=O) groups is 2. The van der Waals surface area contributed by atoms with Crippen LogP contribution in [-0.4, -0.2) is 57.1 Å². The summed E-state index contributed by atoms with van der Waals surface area (Å²) in [6.07, 6.45) is 0. The number of aryl methyl sites for hydroxylation is 1. The number of benzene rings is 1. The molecule has 2 aromatic heterocycles. The highest BCUT2D eigenvalue weighted by Gasteiger charge is 2.18. The number of hydrogen-bond donors (Lipinski definition) is 1. The van der Waals surface area contributed by atoms with Crippen molar-refractivity contribution in [2.45, 2.75) is 6.54 Å². The van der Waals surface area contributed by atoms with Crippen molar-refractivity contribution < 1.29 is 14.3 Å². The molecular weight excluding hydrogens is 414 g/mol. The minimum atomic E-state index is -0.515. The molecule has 1 saturated heterocycles. The second kappa shape index (κ2) is 8.75. The number of rotatable bonds is 4. The molecule has 0 aliphatic carbocycles. The summed E-state index contributed by atoms with van der Waals surface area (Å²) >= 11 is 0. The monoisotopic (exact) mass is 437 g/mol. The number of aromatic nitrogens is 3. The van der Waals surface area contributed by atoms with Gasteiger partial charge in [-0.1, -0.05) is 12.1 Å². The van der Waals surface area contributed by atoms with E-state index in [2.05, 4.69) is 10.3 Å². The highest BCUT2D eigenvalue weighted by atomic mass is 16.5. The first kappa shape index (κ1) is 21.4. The van der Waals surface area contributed by atoms with Gasteiger partial charge in [0.15, 0.2) is 0 Å². The van der Waals surface area contributed by atoms with Gasteiger partial charge in [0.2, 0.25) is 0 Å². The molecule has 1 aromatic carbocycles. The lowest BCUT2D eigenvalue weighted by Gasteiger charge is -2.26. The zero-order valence-corrected chi connectivity index (χ0v) is 17.8. The van der Waals surface area contributed by atoms with Gasteiger partial charge in [0, 0.05) is 39.3 Å². The Balaban J connectivity index is 1.45. The van der Waals surface area contributed by atoms with Gasteiger partial charge < -0.3 is 15.0 Å². The van der Waals surface area contributed by atoms with Crippen molar-refractivity contribution in [2.24, 2.45) is 14.1 Å². The van der Waals surface area contributed by atoms with E-state index in [4.69, 9.17) is 4.74 Å². The number of fused-ring (bicyclic) bond motifs is 1. The van der Waals surface area contributed by atoms with Crippen LogP contribution in [0.2, 0.25) is 0 Å². The number of hydrogen-bond acceptors (Lipinski definition) is 6. The van der Waals surface area contributed by atoms with Crippen LogP contribution in [0.25, 0.3) is 11.0 Å². The Morgan fingerprint density at radius 2 is 1.69 bits per heavy atom. The van der Waals surface area contributed by atoms with E-state index in [0.717, 1.165) is 10.1 Å². The number of carbonyl (C=O) groups excluding carboxylic acids is 2. The van der Waals surface area contributed by atoms with Gasteiger partial charge in [0.1, 0.15) is 11.3 Å². The van der Waals surface area contributed by atoms with Gasteiger partial charge in [-0.25, -0.2) is 9.78 Å². The average Bonchev–Trinajstić information content (AvgIpc) is 2.84. The topological polar surface area (TPSA) is 116 Å². The van der Waals surface area contributed by atoms with Gasteiger partial charge in [0.25, 0.3) is 17.4 Å². The summed E-state index contributed by atoms with van der Waals surface area (Å²) in [7, 11) is 2.89. The number of morpholine rings is 1. The smallest absolute Gasteiger partial charge is 0.332 e. The van der Waals surface area contributed by atoms with Crippen molar-refractivity contribution in [3.05, 3.63) is 74.1 Å². The van der Waals surface area contributed by atoms with Crippen molar-refractivity contribution in [2.75, 3.05) is 26.3 Å². The Bertz CT molecular complexity index is 1300. The predicted octanol–water partition coefficient (Wildman–Crippen LogP) is 0.0346. The molecule has 1 aliphatic rings. The summed E-state index contributed by atoms with van der Waals surface area (Å²) in [5, 5.41) is 3.02. The van der Waals surface area contributed by atoms with Crippen LogP contribution in [-0.2, 0) is 25.4 Å². The zero-order chi connectivity index (χ0) is 22.8. The molecule has 1 fully saturated rings. The lowest BCUT2D eigenvalue weighted by atomic mass is 10.1. The van der Waals surface area contributed by atoms with Crippen molar-refractivity contribution in [3.63, 3.8) is 0 Å². The number of pyridine rings is 1. The SMILES string of the molecule is Cn1c(=O)c2ccc(C(=O)NCc3ccc(C(=O)N4CCOCC4)cc3)nc2n(C)c1=O. The predicted molar refractivity (Wildman–Crippen MR) is 117 cm³/mol. The summed E-state index contributed by atoms with van der Waals surface area (Å²) < 4.78 is 7.50. The second-order valence-electron chi connectivity index (χ2n) is 7.56. The molecule has 0 radical (unpaired) electrons. The maximum atomic E-state index is 12.6. The Morgan fingerprint density at radius 3 is 2.38 bits per heavy atom. The molecule has 1 aliphatic heterocycles. The van der Waals surface area contributed by atoms with Crippen LogP contribution in [0.5, 0.6) is 0 Å². The molecule has 0 unspecified atom stereocenters. The summed E-state index contributed by atoms with van der Waals surface area (Å²) in [5.41, 5.74) is 0.671. The molecule has 3 heterocycles. The average molecular weight is 437 g/mol. The highest BCUT2D eigenvalue weighted by molar-refractivity contribution is 5.95. The van der Waals surface area contributed by atoms with Crippen molar-refractivity contribution in [1.82, 2.24) is 24.3 Å². The van der Waals surface area contributed by atoms with E-state index in [-0.39, 0.29) is 29.2 Å². The third kappa shape index (κ3) is 4.04. The summed E-state index contributed by atoms with van der Waals surface area (Å²) in [4.78, 5) is 55.4. The van der Waals surface area contributed by atoms with Crippen molar-refractivity contribution >= 4 is 22.8 Å². The largest absolute Gasteiger partial charge is 0.378 e. The van der Waals surface area contributed by atoms with Crippen molar-refractivity contribution in [1.29, 1.82) is 0 Å². The molecule has 0 atom stereocenters. The lowest BCUT2D eigenvalue weighted by molar-refractivity contribution is 0.0303. The van der Waals surface area contributed by atoms with E-state index in [1.54, 1.807) is 29.2 Å². The fourth-order valence-corrected chi connectivity index (χ4v) is 3.57. The van der Waals surface area contributed by atoms with E-state index in [1.165, 1.54) is 30.8 Å². The molecule has 4 rings (SSSR count). The third-order valence-corrected chi connectivity index (χ3v) is 5.49. The molecule has 0 spiro atoms. The number of amides is 2. The van der Waals surface area contributed by atoms with Gasteiger partial charge in [-0.05, 0) is 29.8 Å². The number of nitrogens with zero attached hydrogens (tertiary/aromatic N) is 4. The minimum absolute atomic E-state index is 0.0407. The summed E-state index contributed by atoms with van der Waals surface area (Å²) in [6, 6.07) is 9.99. The van der Waals surface area contributed by atoms with Crippen molar-refractivity contribution in [3.8, 4) is 0 Å². The molecule has 2 amide bonds. The van der Waals surface area contributed by atoms with E-state index in [1.807, 2.05) is 0 Å². The Morgan fingerprint density at radius 1 is 1.00 bits per heavy atom. The normalized spacial score (nSPS) is 13.9. The van der Waals surface area contributed by atoms with Gasteiger partial charge in [-0.3, -0.25) is 23.5 Å². The molecular formula is C22H23N5O5. The maximum Gasteiger partial charge on any atom is 0.332 e. The first-order valence-electron chi connectivity index (χ1n) is 10.2. The quantitative estimate of drug-likeness (QED) is 0.616. The van der Waals surface area contributed by atoms with Gasteiger partial charge in [-0.2, -0.15) is 0 Å². The third-order valence-electron chi connectivity index (χ3n) is 5.49. The standard InChI is InChI=1S/C22H23N5O5/c1-25-18-16(21(30)26(2)22(25)31)7-8-17(24-18)19(28)23-13-14-3-5-15(6-4-14)20(29)27-9-11-32-12-10-27/h3-8H,9-13H2,1-2H3,(H,23,28). The molecule has 10 nitrogen and oxygen atoms in total. The van der Waals surface area contributed by atoms with E-state index >= 15 is 0 Å². The van der Waals surface area contributed by atoms with Gasteiger partial charge in [0.05, 0.1) is 18.6 Å². The Hall–Kier alpha value is -3.79. The fraction of sp³-hybridized carbons (Fsp3) is 0.318. The highest BCUT2D eigenvalue weighted by Crippen LogP contribution is 2.10. The molecule has 0 saturated carbocycles.